The third-order valence-corrected chi connectivity index (χ3v) is 2.19. The normalized spacial score (nSPS) is 10.5. The minimum atomic E-state index is -1.34. The second-order valence-corrected chi connectivity index (χ2v) is 3.01. The summed E-state index contributed by atoms with van der Waals surface area (Å²) in [6.07, 6.45) is 1.54. The molecule has 0 fully saturated rings. The first-order valence-corrected chi connectivity index (χ1v) is 4.22. The molecule has 0 bridgehead atoms. The number of carboxylic acids is 1. The van der Waals surface area contributed by atoms with Crippen LogP contribution >= 0.6 is 0 Å². The molecule has 78 valence electrons. The molecule has 2 rings (SSSR count). The summed E-state index contributed by atoms with van der Waals surface area (Å²) in [5.74, 6) is -2.11. The van der Waals surface area contributed by atoms with Crippen LogP contribution in [0.3, 0.4) is 0 Å². The maximum atomic E-state index is 13.7. The molecule has 0 aliphatic carbocycles. The molecule has 4 nitrogen and oxygen atoms in total. The molecule has 1 aromatic heterocycles. The smallest absolute Gasteiger partial charge is 0.342 e. The second kappa shape index (κ2) is 3.27. The Hall–Kier alpha value is -2.04. The Bertz CT molecular complexity index is 533. The van der Waals surface area contributed by atoms with Gasteiger partial charge in [0.2, 0.25) is 0 Å². The number of fused-ring (bicyclic) bond motifs is 1. The maximum Gasteiger partial charge on any atom is 0.342 e. The van der Waals surface area contributed by atoms with Gasteiger partial charge in [-0.15, -0.1) is 0 Å². The summed E-state index contributed by atoms with van der Waals surface area (Å²) in [4.78, 5) is 13.6. The van der Waals surface area contributed by atoms with Gasteiger partial charge < -0.3 is 14.8 Å². The van der Waals surface area contributed by atoms with Gasteiger partial charge in [-0.1, -0.05) is 0 Å². The van der Waals surface area contributed by atoms with E-state index in [2.05, 4.69) is 4.98 Å². The van der Waals surface area contributed by atoms with E-state index < -0.39 is 17.3 Å². The molecule has 0 spiro atoms. The zero-order valence-corrected chi connectivity index (χ0v) is 7.87. The number of H-pyrrole nitrogens is 1. The lowest BCUT2D eigenvalue weighted by molar-refractivity contribution is 0.0688. The number of methoxy groups -OCH3 is 1. The zero-order chi connectivity index (χ0) is 11.0. The van der Waals surface area contributed by atoms with Gasteiger partial charge in [0.15, 0.2) is 5.82 Å². The number of aromatic amines is 1. The van der Waals surface area contributed by atoms with Crippen molar-refractivity contribution in [3.05, 3.63) is 29.7 Å². The Morgan fingerprint density at radius 3 is 2.93 bits per heavy atom. The summed E-state index contributed by atoms with van der Waals surface area (Å²) in [5, 5.41) is 9.09. The van der Waals surface area contributed by atoms with Crippen LogP contribution in [0.25, 0.3) is 10.9 Å². The SMILES string of the molecule is COc1cc2[nH]ccc2c(F)c1C(=O)O. The van der Waals surface area contributed by atoms with Crippen LogP contribution in [0.5, 0.6) is 5.75 Å². The molecule has 0 radical (unpaired) electrons. The number of halogens is 1. The first-order chi connectivity index (χ1) is 7.15. The minimum absolute atomic E-state index is 0.00921. The fourth-order valence-corrected chi connectivity index (χ4v) is 1.50. The summed E-state index contributed by atoms with van der Waals surface area (Å²) >= 11 is 0. The topological polar surface area (TPSA) is 62.3 Å². The molecule has 0 saturated carbocycles. The monoisotopic (exact) mass is 209 g/mol. The third-order valence-electron chi connectivity index (χ3n) is 2.19. The van der Waals surface area contributed by atoms with Crippen molar-refractivity contribution in [2.24, 2.45) is 0 Å². The number of aromatic nitrogens is 1. The number of benzene rings is 1. The van der Waals surface area contributed by atoms with Crippen molar-refractivity contribution in [1.29, 1.82) is 0 Å². The fourth-order valence-electron chi connectivity index (χ4n) is 1.50. The van der Waals surface area contributed by atoms with Gasteiger partial charge in [0.25, 0.3) is 0 Å². The highest BCUT2D eigenvalue weighted by Gasteiger charge is 2.20. The molecular weight excluding hydrogens is 201 g/mol. The quantitative estimate of drug-likeness (QED) is 0.795. The van der Waals surface area contributed by atoms with Crippen LogP contribution in [0.2, 0.25) is 0 Å². The van der Waals surface area contributed by atoms with E-state index in [1.807, 2.05) is 0 Å². The second-order valence-electron chi connectivity index (χ2n) is 3.01. The van der Waals surface area contributed by atoms with E-state index in [1.165, 1.54) is 19.2 Å². The van der Waals surface area contributed by atoms with E-state index in [-0.39, 0.29) is 11.1 Å². The van der Waals surface area contributed by atoms with Crippen LogP contribution in [0.1, 0.15) is 10.4 Å². The summed E-state index contributed by atoms with van der Waals surface area (Å²) in [7, 11) is 1.30. The number of aromatic carboxylic acids is 1. The Balaban J connectivity index is 2.85. The lowest BCUT2D eigenvalue weighted by Gasteiger charge is -2.06. The number of rotatable bonds is 2. The van der Waals surface area contributed by atoms with Gasteiger partial charge in [0.1, 0.15) is 11.3 Å². The molecule has 5 heteroatoms. The van der Waals surface area contributed by atoms with Crippen molar-refractivity contribution in [3.63, 3.8) is 0 Å². The van der Waals surface area contributed by atoms with Crippen molar-refractivity contribution in [1.82, 2.24) is 4.98 Å². The van der Waals surface area contributed by atoms with E-state index in [0.29, 0.717) is 5.52 Å². The van der Waals surface area contributed by atoms with Gasteiger partial charge in [-0.25, -0.2) is 9.18 Å². The Morgan fingerprint density at radius 1 is 1.60 bits per heavy atom. The zero-order valence-electron chi connectivity index (χ0n) is 7.87. The molecule has 2 aromatic rings. The molecule has 0 amide bonds. The van der Waals surface area contributed by atoms with Gasteiger partial charge in [0.05, 0.1) is 12.6 Å². The van der Waals surface area contributed by atoms with Gasteiger partial charge in [0, 0.05) is 17.6 Å². The average Bonchev–Trinajstić information content (AvgIpc) is 2.64. The van der Waals surface area contributed by atoms with E-state index in [9.17, 15) is 9.18 Å². The summed E-state index contributed by atoms with van der Waals surface area (Å²) < 4.78 is 18.5. The first-order valence-electron chi connectivity index (χ1n) is 4.22. The standard InChI is InChI=1S/C10H8FNO3/c1-15-7-4-6-5(2-3-12-6)9(11)8(7)10(13)14/h2-4,12H,1H3,(H,13,14). The molecule has 1 heterocycles. The highest BCUT2D eigenvalue weighted by atomic mass is 19.1. The summed E-state index contributed by atoms with van der Waals surface area (Å²) in [6.45, 7) is 0. The molecule has 0 aliphatic heterocycles. The van der Waals surface area contributed by atoms with E-state index in [1.54, 1.807) is 6.20 Å². The molecule has 0 atom stereocenters. The number of hydrogen-bond acceptors (Lipinski definition) is 2. The highest BCUT2D eigenvalue weighted by molar-refractivity contribution is 5.97. The number of carboxylic acid groups (broad SMARTS) is 1. The Labute approximate surface area is 84.3 Å². The van der Waals surface area contributed by atoms with Gasteiger partial charge >= 0.3 is 5.97 Å². The van der Waals surface area contributed by atoms with Crippen molar-refractivity contribution in [3.8, 4) is 5.75 Å². The summed E-state index contributed by atoms with van der Waals surface area (Å²) in [6, 6.07) is 2.94. The van der Waals surface area contributed by atoms with Gasteiger partial charge in [-0.05, 0) is 6.07 Å². The first kappa shape index (κ1) is 9.51. The predicted octanol–water partition coefficient (Wildman–Crippen LogP) is 2.01. The van der Waals surface area contributed by atoms with Crippen LogP contribution < -0.4 is 4.74 Å². The molecule has 0 saturated heterocycles. The highest BCUT2D eigenvalue weighted by Crippen LogP contribution is 2.29. The van der Waals surface area contributed by atoms with E-state index in [4.69, 9.17) is 9.84 Å². The van der Waals surface area contributed by atoms with Crippen molar-refractivity contribution in [2.75, 3.05) is 7.11 Å². The maximum absolute atomic E-state index is 13.7. The van der Waals surface area contributed by atoms with Gasteiger partial charge in [-0.3, -0.25) is 0 Å². The van der Waals surface area contributed by atoms with Crippen LogP contribution in [-0.4, -0.2) is 23.2 Å². The number of hydrogen-bond donors (Lipinski definition) is 2. The number of ether oxygens (including phenoxy) is 1. The third kappa shape index (κ3) is 1.32. The predicted molar refractivity (Wildman–Crippen MR) is 51.8 cm³/mol. The van der Waals surface area contributed by atoms with Crippen LogP contribution in [0.15, 0.2) is 18.3 Å². The minimum Gasteiger partial charge on any atom is -0.496 e. The summed E-state index contributed by atoms with van der Waals surface area (Å²) in [5.41, 5.74) is 0.0685. The molecule has 0 unspecified atom stereocenters. The van der Waals surface area contributed by atoms with E-state index >= 15 is 0 Å². The van der Waals surface area contributed by atoms with Crippen molar-refractivity contribution < 1.29 is 19.0 Å². The van der Waals surface area contributed by atoms with Gasteiger partial charge in [-0.2, -0.15) is 0 Å². The number of nitrogens with one attached hydrogen (secondary N) is 1. The van der Waals surface area contributed by atoms with Crippen molar-refractivity contribution in [2.45, 2.75) is 0 Å². The fraction of sp³-hybridized carbons (Fsp3) is 0.100. The van der Waals surface area contributed by atoms with E-state index in [0.717, 1.165) is 0 Å². The Kier molecular flexibility index (Phi) is 2.07. The van der Waals surface area contributed by atoms with Crippen LogP contribution in [0, 0.1) is 5.82 Å². The number of carbonyl (C=O) groups is 1. The average molecular weight is 209 g/mol. The Morgan fingerprint density at radius 2 is 2.33 bits per heavy atom. The lowest BCUT2D eigenvalue weighted by Crippen LogP contribution is -2.04. The van der Waals surface area contributed by atoms with Crippen LogP contribution in [0.4, 0.5) is 4.39 Å². The molecule has 1 aromatic carbocycles. The van der Waals surface area contributed by atoms with Crippen molar-refractivity contribution >= 4 is 16.9 Å². The molecule has 0 aliphatic rings. The molecule has 2 N–H and O–H groups in total. The molecule has 15 heavy (non-hydrogen) atoms. The largest absolute Gasteiger partial charge is 0.496 e. The molecular formula is C10H8FNO3. The van der Waals surface area contributed by atoms with Crippen LogP contribution in [-0.2, 0) is 0 Å². The lowest BCUT2D eigenvalue weighted by atomic mass is 10.1.